The van der Waals surface area contributed by atoms with E-state index in [1.54, 1.807) is 6.92 Å². The number of Topliss-reactive ketones (excluding diaryl/α,β-unsaturated/α-hetero) is 1. The number of carboxylic acid groups (broad SMARTS) is 1. The van der Waals surface area contributed by atoms with Crippen molar-refractivity contribution >= 4 is 17.8 Å². The lowest BCUT2D eigenvalue weighted by Crippen LogP contribution is -2.58. The largest absolute Gasteiger partial charge is 0.513 e. The first kappa shape index (κ1) is 12.6. The van der Waals surface area contributed by atoms with E-state index in [2.05, 4.69) is 0 Å². The fraction of sp³-hybridized carbons (Fsp3) is 0.700. The highest BCUT2D eigenvalue weighted by molar-refractivity contribution is 6.00. The van der Waals surface area contributed by atoms with Crippen LogP contribution in [0.4, 0.5) is 4.79 Å². The summed E-state index contributed by atoms with van der Waals surface area (Å²) in [6.45, 7) is 2.01. The Morgan fingerprint density at radius 1 is 1.56 bits per heavy atom. The van der Waals surface area contributed by atoms with E-state index >= 15 is 0 Å². The van der Waals surface area contributed by atoms with Gasteiger partial charge in [0.25, 0.3) is 0 Å². The van der Waals surface area contributed by atoms with Gasteiger partial charge in [0.2, 0.25) is 5.78 Å². The third kappa shape index (κ3) is 2.38. The van der Waals surface area contributed by atoms with E-state index in [9.17, 15) is 14.4 Å². The van der Waals surface area contributed by atoms with Gasteiger partial charge in [-0.1, -0.05) is 0 Å². The smallest absolute Gasteiger partial charge is 0.465 e. The van der Waals surface area contributed by atoms with Crippen LogP contribution in [-0.2, 0) is 14.3 Å². The fourth-order valence-electron chi connectivity index (χ4n) is 1.76. The molecule has 0 aromatic carbocycles. The maximum Gasteiger partial charge on any atom is 0.513 e. The Kier molecular flexibility index (Phi) is 3.64. The van der Waals surface area contributed by atoms with Crippen molar-refractivity contribution in [2.24, 2.45) is 5.92 Å². The van der Waals surface area contributed by atoms with Crippen molar-refractivity contribution < 1.29 is 28.7 Å². The lowest BCUT2D eigenvalue weighted by molar-refractivity contribution is -0.832. The van der Waals surface area contributed by atoms with Crippen molar-refractivity contribution in [3.8, 4) is 0 Å². The number of likely N-dealkylation sites (tertiary alicyclic amines) is 1. The number of carbonyl (C=O) groups is 3. The van der Waals surface area contributed by atoms with Gasteiger partial charge in [-0.25, -0.2) is 4.48 Å². The Morgan fingerprint density at radius 2 is 2.19 bits per heavy atom. The van der Waals surface area contributed by atoms with E-state index < -0.39 is 18.0 Å². The monoisotopic (exact) mass is 230 g/mol. The van der Waals surface area contributed by atoms with E-state index in [1.165, 1.54) is 7.05 Å². The van der Waals surface area contributed by atoms with E-state index in [0.717, 1.165) is 0 Å². The molecule has 2 atom stereocenters. The third-order valence-electron chi connectivity index (χ3n) is 2.84. The van der Waals surface area contributed by atoms with Crippen LogP contribution in [0, 0.1) is 5.92 Å². The first-order chi connectivity index (χ1) is 7.40. The molecule has 1 N–H and O–H groups in total. The topological polar surface area (TPSA) is 80.7 Å². The second-order valence-electron chi connectivity index (χ2n) is 4.12. The van der Waals surface area contributed by atoms with Crippen LogP contribution in [0.2, 0.25) is 0 Å². The van der Waals surface area contributed by atoms with Crippen LogP contribution in [0.25, 0.3) is 0 Å². The van der Waals surface area contributed by atoms with Crippen LogP contribution in [-0.4, -0.2) is 54.2 Å². The molecule has 90 valence electrons. The van der Waals surface area contributed by atoms with Gasteiger partial charge in [-0.15, -0.1) is 0 Å². The number of carbonyl (C=O) groups excluding carboxylic acids is 2. The Labute approximate surface area is 93.4 Å². The zero-order valence-electron chi connectivity index (χ0n) is 9.43. The first-order valence-electron chi connectivity index (χ1n) is 5.18. The van der Waals surface area contributed by atoms with Crippen molar-refractivity contribution in [1.82, 2.24) is 0 Å². The summed E-state index contributed by atoms with van der Waals surface area (Å²) in [5.41, 5.74) is 0. The number of piperidine rings is 1. The lowest BCUT2D eigenvalue weighted by atomic mass is 9.94. The number of ether oxygens (including phenoxy) is 1. The van der Waals surface area contributed by atoms with Crippen molar-refractivity contribution in [3.05, 3.63) is 0 Å². The SMILES string of the molecule is CCOC(=O)C1CC[N+](C)(C(=O)O)CC1=O. The summed E-state index contributed by atoms with van der Waals surface area (Å²) in [4.78, 5) is 34.0. The number of amides is 1. The number of nitrogens with zero attached hydrogens (tertiary/aromatic N) is 1. The summed E-state index contributed by atoms with van der Waals surface area (Å²) < 4.78 is 4.41. The molecule has 1 saturated heterocycles. The molecular weight excluding hydrogens is 214 g/mol. The fourth-order valence-corrected chi connectivity index (χ4v) is 1.76. The highest BCUT2D eigenvalue weighted by Crippen LogP contribution is 2.20. The normalized spacial score (nSPS) is 29.9. The molecule has 1 amide bonds. The van der Waals surface area contributed by atoms with Crippen molar-refractivity contribution in [1.29, 1.82) is 0 Å². The van der Waals surface area contributed by atoms with E-state index in [0.29, 0.717) is 0 Å². The standard InChI is InChI=1S/C10H15NO5/c1-3-16-9(13)7-4-5-11(2,10(14)15)6-8(7)12/h7H,3-6H2,1-2H3/p+1. The molecule has 1 aliphatic heterocycles. The Hall–Kier alpha value is -1.43. The number of hydrogen-bond acceptors (Lipinski definition) is 4. The van der Waals surface area contributed by atoms with Gasteiger partial charge in [-0.05, 0) is 6.92 Å². The average molecular weight is 230 g/mol. The van der Waals surface area contributed by atoms with Gasteiger partial charge in [-0.2, -0.15) is 4.79 Å². The van der Waals surface area contributed by atoms with Gasteiger partial charge in [0.15, 0.2) is 0 Å². The summed E-state index contributed by atoms with van der Waals surface area (Å²) in [5, 5.41) is 8.95. The number of rotatable bonds is 2. The second kappa shape index (κ2) is 4.61. The van der Waals surface area contributed by atoms with Gasteiger partial charge in [0.1, 0.15) is 12.5 Å². The van der Waals surface area contributed by atoms with Crippen molar-refractivity contribution in [2.75, 3.05) is 26.7 Å². The highest BCUT2D eigenvalue weighted by atomic mass is 16.5. The third-order valence-corrected chi connectivity index (χ3v) is 2.84. The Morgan fingerprint density at radius 3 is 2.62 bits per heavy atom. The van der Waals surface area contributed by atoms with Crippen LogP contribution in [0.3, 0.4) is 0 Å². The molecule has 1 fully saturated rings. The molecule has 6 nitrogen and oxygen atoms in total. The molecule has 1 aliphatic rings. The number of quaternary nitrogens is 1. The molecular formula is C10H16NO5+. The Bertz CT molecular complexity index is 327. The van der Waals surface area contributed by atoms with Crippen molar-refractivity contribution in [2.45, 2.75) is 13.3 Å². The molecule has 0 aromatic rings. The maximum atomic E-state index is 11.7. The van der Waals surface area contributed by atoms with Gasteiger partial charge < -0.3 is 9.84 Å². The number of esters is 1. The van der Waals surface area contributed by atoms with Gasteiger partial charge in [0.05, 0.1) is 20.2 Å². The minimum absolute atomic E-state index is 0.154. The average Bonchev–Trinajstić information content (AvgIpc) is 2.17. The number of likely N-dealkylation sites (N-methyl/N-ethyl adjacent to an activating group) is 1. The van der Waals surface area contributed by atoms with Gasteiger partial charge in [-0.3, -0.25) is 9.59 Å². The maximum absolute atomic E-state index is 11.7. The quantitative estimate of drug-likeness (QED) is 0.418. The molecule has 0 aromatic heterocycles. The van der Waals surface area contributed by atoms with Crippen LogP contribution in [0.5, 0.6) is 0 Å². The van der Waals surface area contributed by atoms with Crippen LogP contribution < -0.4 is 0 Å². The molecule has 2 unspecified atom stereocenters. The summed E-state index contributed by atoms with van der Waals surface area (Å²) in [7, 11) is 1.47. The zero-order valence-corrected chi connectivity index (χ0v) is 9.43. The zero-order chi connectivity index (χ0) is 12.3. The predicted molar refractivity (Wildman–Crippen MR) is 53.7 cm³/mol. The lowest BCUT2D eigenvalue weighted by Gasteiger charge is -2.33. The summed E-state index contributed by atoms with van der Waals surface area (Å²) in [5.74, 6) is -1.68. The minimum atomic E-state index is -1.05. The molecule has 1 rings (SSSR count). The molecule has 1 heterocycles. The summed E-state index contributed by atoms with van der Waals surface area (Å²) in [6.07, 6.45) is -0.809. The minimum Gasteiger partial charge on any atom is -0.465 e. The summed E-state index contributed by atoms with van der Waals surface area (Å²) in [6, 6.07) is 0. The van der Waals surface area contributed by atoms with Crippen LogP contribution >= 0.6 is 0 Å². The van der Waals surface area contributed by atoms with Crippen LogP contribution in [0.15, 0.2) is 0 Å². The number of hydrogen-bond donors (Lipinski definition) is 1. The summed E-state index contributed by atoms with van der Waals surface area (Å²) >= 11 is 0. The highest BCUT2D eigenvalue weighted by Gasteiger charge is 2.45. The molecule has 0 radical (unpaired) electrons. The molecule has 0 bridgehead atoms. The van der Waals surface area contributed by atoms with Gasteiger partial charge in [0, 0.05) is 6.42 Å². The molecule has 0 spiro atoms. The van der Waals surface area contributed by atoms with Crippen molar-refractivity contribution in [3.63, 3.8) is 0 Å². The van der Waals surface area contributed by atoms with E-state index in [4.69, 9.17) is 9.84 Å². The predicted octanol–water partition coefficient (Wildman–Crippen LogP) is 0.263. The Balaban J connectivity index is 2.69. The molecule has 0 saturated carbocycles. The van der Waals surface area contributed by atoms with E-state index in [1.807, 2.05) is 0 Å². The van der Waals surface area contributed by atoms with Crippen LogP contribution in [0.1, 0.15) is 13.3 Å². The van der Waals surface area contributed by atoms with E-state index in [-0.39, 0.29) is 36.4 Å². The second-order valence-corrected chi connectivity index (χ2v) is 4.12. The van der Waals surface area contributed by atoms with Gasteiger partial charge >= 0.3 is 12.1 Å². The first-order valence-corrected chi connectivity index (χ1v) is 5.18. The molecule has 16 heavy (non-hydrogen) atoms. The number of ketones is 1. The molecule has 0 aliphatic carbocycles. The molecule has 6 heteroatoms.